The van der Waals surface area contributed by atoms with E-state index < -0.39 is 17.6 Å². The average molecular weight is 607 g/mol. The van der Waals surface area contributed by atoms with Crippen molar-refractivity contribution in [3.8, 4) is 0 Å². The van der Waals surface area contributed by atoms with Gasteiger partial charge < -0.3 is 26.6 Å². The predicted octanol–water partition coefficient (Wildman–Crippen LogP) is 6.54. The van der Waals surface area contributed by atoms with Gasteiger partial charge in [-0.05, 0) is 63.8 Å². The van der Waals surface area contributed by atoms with Crippen LogP contribution in [0.25, 0.3) is 24.3 Å². The van der Waals surface area contributed by atoms with Crippen LogP contribution in [0.15, 0.2) is 72.8 Å². The van der Waals surface area contributed by atoms with E-state index in [4.69, 9.17) is 26.6 Å². The minimum atomic E-state index is -2.89. The molecule has 0 unspecified atom stereocenters. The lowest BCUT2D eigenvalue weighted by Crippen LogP contribution is -2.56. The molecule has 3 rings (SSSR count). The molecular weight excluding hydrogens is 561 g/mol. The molecule has 0 amide bonds. The van der Waals surface area contributed by atoms with Gasteiger partial charge >= 0.3 is 17.6 Å². The van der Waals surface area contributed by atoms with Gasteiger partial charge in [0.15, 0.2) is 0 Å². The zero-order valence-corrected chi connectivity index (χ0v) is 27.9. The molecule has 0 saturated heterocycles. The van der Waals surface area contributed by atoms with Gasteiger partial charge in [-0.15, -0.1) is 0 Å². The molecule has 0 aliphatic rings. The fourth-order valence-corrected chi connectivity index (χ4v) is 9.52. The van der Waals surface area contributed by atoms with Crippen molar-refractivity contribution in [2.24, 2.45) is 0 Å². The molecule has 3 aromatic carbocycles. The van der Waals surface area contributed by atoms with Crippen LogP contribution in [-0.2, 0) is 26.6 Å². The van der Waals surface area contributed by atoms with E-state index in [0.717, 1.165) is 32.6 Å². The quantitative estimate of drug-likeness (QED) is 0.121. The van der Waals surface area contributed by atoms with Crippen molar-refractivity contribution in [3.05, 3.63) is 95.1 Å². The van der Waals surface area contributed by atoms with E-state index >= 15 is 0 Å². The Morgan fingerprint density at radius 2 is 0.548 bits per heavy atom. The van der Waals surface area contributed by atoms with Gasteiger partial charge in [0.1, 0.15) is 0 Å². The van der Waals surface area contributed by atoms with Gasteiger partial charge in [0.05, 0.1) is 0 Å². The Bertz CT molecular complexity index is 1110. The number of hydrogen-bond donors (Lipinski definition) is 0. The minimum absolute atomic E-state index is 0.546. The van der Waals surface area contributed by atoms with E-state index in [2.05, 4.69) is 97.1 Å². The van der Waals surface area contributed by atoms with Crippen LogP contribution in [0.4, 0.5) is 0 Å². The normalized spacial score (nSPS) is 12.5. The standard InChI is InChI=1S/C34H46O6Si2/c1-7-35-41(36-8-2,37-9-3)33-25-21-31(22-26-33)19-17-29-13-15-30(16-14-29)18-20-32-23-27-34(28-24-32)42(38-10-4,39-11-5)40-12-6/h13-28H,7-12H2,1-6H3/b19-17+,20-18+. The zero-order chi connectivity index (χ0) is 30.3. The summed E-state index contributed by atoms with van der Waals surface area (Å²) in [6.45, 7) is 15.1. The van der Waals surface area contributed by atoms with Crippen LogP contribution in [0.1, 0.15) is 63.8 Å². The van der Waals surface area contributed by atoms with Crippen LogP contribution in [0.5, 0.6) is 0 Å². The molecule has 0 N–H and O–H groups in total. The van der Waals surface area contributed by atoms with Gasteiger partial charge in [-0.1, -0.05) is 97.1 Å². The summed E-state index contributed by atoms with van der Waals surface area (Å²) in [4.78, 5) is 0. The molecule has 0 fully saturated rings. The summed E-state index contributed by atoms with van der Waals surface area (Å²) < 4.78 is 36.2. The lowest BCUT2D eigenvalue weighted by atomic mass is 10.1. The second-order valence-electron chi connectivity index (χ2n) is 9.29. The molecular formula is C34H46O6Si2. The summed E-state index contributed by atoms with van der Waals surface area (Å²) in [5, 5.41) is 1.96. The lowest BCUT2D eigenvalue weighted by Gasteiger charge is -2.28. The van der Waals surface area contributed by atoms with E-state index in [9.17, 15) is 0 Å². The Balaban J connectivity index is 1.66. The second-order valence-corrected chi connectivity index (χ2v) is 14.4. The van der Waals surface area contributed by atoms with Gasteiger partial charge in [-0.25, -0.2) is 0 Å². The number of rotatable bonds is 18. The molecule has 6 nitrogen and oxygen atoms in total. The molecule has 0 radical (unpaired) electrons. The van der Waals surface area contributed by atoms with Gasteiger partial charge in [0, 0.05) is 50.0 Å². The van der Waals surface area contributed by atoms with Crippen LogP contribution in [0.3, 0.4) is 0 Å². The molecule has 0 saturated carbocycles. The molecule has 226 valence electrons. The smallest absolute Gasteiger partial charge is 0.370 e. The molecule has 0 spiro atoms. The molecule has 3 aromatic rings. The van der Waals surface area contributed by atoms with E-state index in [1.54, 1.807) is 0 Å². The Morgan fingerprint density at radius 3 is 0.738 bits per heavy atom. The summed E-state index contributed by atoms with van der Waals surface area (Å²) in [6.07, 6.45) is 8.45. The van der Waals surface area contributed by atoms with Gasteiger partial charge in [-0.3, -0.25) is 0 Å². The summed E-state index contributed by atoms with van der Waals surface area (Å²) in [6, 6.07) is 25.0. The third-order valence-electron chi connectivity index (χ3n) is 6.41. The van der Waals surface area contributed by atoms with Crippen molar-refractivity contribution >= 4 is 52.3 Å². The summed E-state index contributed by atoms with van der Waals surface area (Å²) >= 11 is 0. The third kappa shape index (κ3) is 9.16. The first kappa shape index (κ1) is 33.8. The Hall–Kier alpha value is -2.67. The van der Waals surface area contributed by atoms with Crippen LogP contribution < -0.4 is 10.4 Å². The molecule has 0 bridgehead atoms. The first-order valence-electron chi connectivity index (χ1n) is 15.0. The summed E-state index contributed by atoms with van der Waals surface area (Å²) in [7, 11) is -5.78. The summed E-state index contributed by atoms with van der Waals surface area (Å²) in [5.41, 5.74) is 4.46. The molecule has 0 atom stereocenters. The van der Waals surface area contributed by atoms with Crippen molar-refractivity contribution in [1.29, 1.82) is 0 Å². The van der Waals surface area contributed by atoms with Crippen molar-refractivity contribution in [2.45, 2.75) is 41.5 Å². The average Bonchev–Trinajstić information content (AvgIpc) is 3.01. The highest BCUT2D eigenvalue weighted by molar-refractivity contribution is 6.75. The lowest BCUT2D eigenvalue weighted by molar-refractivity contribution is 0.0851. The molecule has 0 aromatic heterocycles. The fourth-order valence-electron chi connectivity index (χ4n) is 4.59. The van der Waals surface area contributed by atoms with E-state index in [1.807, 2.05) is 41.5 Å². The largest absolute Gasteiger partial charge is 0.537 e. The van der Waals surface area contributed by atoms with Crippen LogP contribution in [0, 0.1) is 0 Å². The first-order valence-corrected chi connectivity index (χ1v) is 18.4. The monoisotopic (exact) mass is 606 g/mol. The predicted molar refractivity (Wildman–Crippen MR) is 178 cm³/mol. The number of benzene rings is 3. The van der Waals surface area contributed by atoms with Crippen molar-refractivity contribution in [1.82, 2.24) is 0 Å². The van der Waals surface area contributed by atoms with Gasteiger partial charge in [0.2, 0.25) is 0 Å². The van der Waals surface area contributed by atoms with Crippen LogP contribution in [0.2, 0.25) is 0 Å². The van der Waals surface area contributed by atoms with Crippen molar-refractivity contribution in [3.63, 3.8) is 0 Å². The highest BCUT2D eigenvalue weighted by Gasteiger charge is 2.43. The van der Waals surface area contributed by atoms with Gasteiger partial charge in [-0.2, -0.15) is 0 Å². The maximum Gasteiger partial charge on any atom is 0.537 e. The molecule has 0 aliphatic carbocycles. The molecule has 0 aliphatic heterocycles. The topological polar surface area (TPSA) is 55.4 Å². The summed E-state index contributed by atoms with van der Waals surface area (Å²) in [5.74, 6) is 0. The molecule has 0 heterocycles. The highest BCUT2D eigenvalue weighted by atomic mass is 28.4. The molecule has 42 heavy (non-hydrogen) atoms. The maximum absolute atomic E-state index is 6.03. The third-order valence-corrected chi connectivity index (χ3v) is 12.5. The van der Waals surface area contributed by atoms with E-state index in [0.29, 0.717) is 39.6 Å². The second kappa shape index (κ2) is 17.5. The van der Waals surface area contributed by atoms with Crippen molar-refractivity contribution in [2.75, 3.05) is 39.6 Å². The van der Waals surface area contributed by atoms with Crippen LogP contribution in [-0.4, -0.2) is 57.3 Å². The van der Waals surface area contributed by atoms with E-state index in [-0.39, 0.29) is 0 Å². The number of hydrogen-bond acceptors (Lipinski definition) is 6. The SMILES string of the molecule is CCO[Si](OCC)(OCC)c1ccc(/C=C/c2ccc(/C=C/c3ccc([Si](OCC)(OCC)OCC)cc3)cc2)cc1. The fraction of sp³-hybridized carbons (Fsp3) is 0.353. The Labute approximate surface area is 254 Å². The zero-order valence-electron chi connectivity index (χ0n) is 25.9. The van der Waals surface area contributed by atoms with Crippen LogP contribution >= 0.6 is 0 Å². The Kier molecular flexibility index (Phi) is 14.1. The minimum Gasteiger partial charge on any atom is -0.370 e. The van der Waals surface area contributed by atoms with Crippen molar-refractivity contribution < 1.29 is 26.6 Å². The highest BCUT2D eigenvalue weighted by Crippen LogP contribution is 2.16. The van der Waals surface area contributed by atoms with E-state index in [1.165, 1.54) is 0 Å². The van der Waals surface area contributed by atoms with Gasteiger partial charge in [0.25, 0.3) is 0 Å². The first-order chi connectivity index (χ1) is 20.5. The maximum atomic E-state index is 6.03. The Morgan fingerprint density at radius 1 is 0.357 bits per heavy atom. The molecule has 8 heteroatoms.